The Balaban J connectivity index is 0.000000963. The van der Waals surface area contributed by atoms with Gasteiger partial charge in [-0.1, -0.05) is 6.92 Å². The van der Waals surface area contributed by atoms with Crippen molar-refractivity contribution >= 4 is 12.5 Å². The van der Waals surface area contributed by atoms with E-state index in [-0.39, 0.29) is 24.3 Å². The Morgan fingerprint density at radius 2 is 1.88 bits per heavy atom. The van der Waals surface area contributed by atoms with Crippen LogP contribution in [0, 0.1) is 5.41 Å². The topological polar surface area (TPSA) is 58.4 Å². The molecule has 0 aromatic carbocycles. The van der Waals surface area contributed by atoms with Gasteiger partial charge in [0.15, 0.2) is 0 Å². The van der Waals surface area contributed by atoms with Crippen LogP contribution in [0.3, 0.4) is 0 Å². The van der Waals surface area contributed by atoms with Gasteiger partial charge in [-0.15, -0.1) is 5.10 Å². The van der Waals surface area contributed by atoms with E-state index in [9.17, 15) is 0 Å². The number of nitrogens with zero attached hydrogens (tertiary/aromatic N) is 3. The van der Waals surface area contributed by atoms with Gasteiger partial charge in [-0.05, 0) is 0 Å². The Morgan fingerprint density at radius 3 is 2.31 bits per heavy atom. The maximum Gasteiger partial charge on any atom is 1.00 e. The molecule has 16 heavy (non-hydrogen) atoms. The number of rotatable bonds is 1. The van der Waals surface area contributed by atoms with Crippen LogP contribution in [0.5, 0.6) is 0 Å². The Labute approximate surface area is 106 Å². The third-order valence-electron chi connectivity index (χ3n) is 3.02. The van der Waals surface area contributed by atoms with E-state index in [4.69, 9.17) is 14.0 Å². The summed E-state index contributed by atoms with van der Waals surface area (Å²) >= 11 is 0. The molecule has 3 aliphatic rings. The van der Waals surface area contributed by atoms with Crippen LogP contribution in [0.4, 0.5) is 0 Å². The van der Waals surface area contributed by atoms with Crippen molar-refractivity contribution in [3.63, 3.8) is 0 Å². The van der Waals surface area contributed by atoms with E-state index in [1.165, 1.54) is 0 Å². The molecule has 1 aromatic rings. The van der Waals surface area contributed by atoms with Gasteiger partial charge in [-0.25, -0.2) is 0 Å². The maximum absolute atomic E-state index is 5.69. The number of hydrogen-bond acceptors (Lipinski definition) is 5. The van der Waals surface area contributed by atoms with Crippen LogP contribution in [-0.2, 0) is 21.0 Å². The summed E-state index contributed by atoms with van der Waals surface area (Å²) in [4.78, 5) is 0. The summed E-state index contributed by atoms with van der Waals surface area (Å²) in [6.07, 6.45) is 1.62. The quantitative estimate of drug-likeness (QED) is 0.449. The van der Waals surface area contributed by atoms with Crippen LogP contribution >= 0.6 is 0 Å². The second kappa shape index (κ2) is 3.86. The van der Waals surface area contributed by atoms with Crippen molar-refractivity contribution in [2.75, 3.05) is 19.8 Å². The van der Waals surface area contributed by atoms with E-state index >= 15 is 0 Å². The van der Waals surface area contributed by atoms with Crippen molar-refractivity contribution in [3.8, 4) is 0 Å². The molecule has 82 valence electrons. The standard InChI is InChI=1S/C8H13BN3O3.Li/c1-8-3-13-9(14-4-8,15-5-8)7-11-10-6-12(7)2;/h6H,3-5H2,1-2H3;/q-1;+1. The zero-order chi connectivity index (χ0) is 10.5. The number of fused-ring (bicyclic) bond motifs is 3. The Kier molecular flexibility index (Phi) is 2.93. The summed E-state index contributed by atoms with van der Waals surface area (Å²) in [7, 11) is 1.85. The second-order valence-corrected chi connectivity index (χ2v) is 4.69. The number of hydrogen-bond donors (Lipinski definition) is 0. The first kappa shape index (κ1) is 12.1. The minimum absolute atomic E-state index is 0. The fourth-order valence-corrected chi connectivity index (χ4v) is 2.04. The molecule has 6 nitrogen and oxygen atoms in total. The molecule has 0 N–H and O–H groups in total. The van der Waals surface area contributed by atoms with Gasteiger partial charge in [0.2, 0.25) is 0 Å². The van der Waals surface area contributed by atoms with Crippen molar-refractivity contribution in [2.45, 2.75) is 6.92 Å². The molecule has 3 saturated heterocycles. The SMILES string of the molecule is Cn1cnnc1[B-]12OCC(C)(CO1)CO2.[Li+]. The van der Waals surface area contributed by atoms with E-state index in [0.29, 0.717) is 25.5 Å². The molecule has 4 rings (SSSR count). The summed E-state index contributed by atoms with van der Waals surface area (Å²) < 4.78 is 18.8. The first-order chi connectivity index (χ1) is 7.14. The third-order valence-corrected chi connectivity index (χ3v) is 3.02. The largest absolute Gasteiger partial charge is 1.00 e. The normalized spacial score (nSPS) is 37.1. The van der Waals surface area contributed by atoms with Crippen LogP contribution < -0.4 is 24.6 Å². The van der Waals surface area contributed by atoms with Crippen molar-refractivity contribution in [1.29, 1.82) is 0 Å². The van der Waals surface area contributed by atoms with Gasteiger partial charge in [0.25, 0.3) is 0 Å². The Morgan fingerprint density at radius 1 is 1.31 bits per heavy atom. The van der Waals surface area contributed by atoms with Crippen molar-refractivity contribution < 1.29 is 32.8 Å². The predicted molar refractivity (Wildman–Crippen MR) is 52.4 cm³/mol. The monoisotopic (exact) mass is 217 g/mol. The van der Waals surface area contributed by atoms with Gasteiger partial charge >= 0.3 is 25.6 Å². The van der Waals surface area contributed by atoms with Crippen LogP contribution in [0.2, 0.25) is 0 Å². The Bertz CT molecular complexity index is 375. The number of aryl methyl sites for hydroxylation is 1. The first-order valence-corrected chi connectivity index (χ1v) is 5.03. The van der Waals surface area contributed by atoms with Gasteiger partial charge in [0, 0.05) is 32.3 Å². The number of aromatic nitrogens is 3. The average molecular weight is 217 g/mol. The van der Waals surface area contributed by atoms with Crippen molar-refractivity contribution in [2.24, 2.45) is 12.5 Å². The molecular weight excluding hydrogens is 204 g/mol. The van der Waals surface area contributed by atoms with Gasteiger partial charge in [0.05, 0.1) is 5.72 Å². The summed E-state index contributed by atoms with van der Waals surface area (Å²) in [6, 6.07) is 0. The van der Waals surface area contributed by atoms with Gasteiger partial charge in [-0.2, -0.15) is 5.10 Å². The zero-order valence-electron chi connectivity index (χ0n) is 9.84. The molecule has 0 amide bonds. The maximum atomic E-state index is 5.69. The van der Waals surface area contributed by atoms with E-state index in [2.05, 4.69) is 17.1 Å². The molecule has 3 aliphatic heterocycles. The molecule has 0 aliphatic carbocycles. The first-order valence-electron chi connectivity index (χ1n) is 5.03. The summed E-state index contributed by atoms with van der Waals surface area (Å²) in [5.41, 5.74) is 0.610. The minimum atomic E-state index is -1.85. The van der Waals surface area contributed by atoms with Crippen LogP contribution in [0.15, 0.2) is 6.33 Å². The van der Waals surface area contributed by atoms with Crippen LogP contribution in [0.25, 0.3) is 0 Å². The summed E-state index contributed by atoms with van der Waals surface area (Å²) in [6.45, 7) is 2.20. The molecule has 2 bridgehead atoms. The van der Waals surface area contributed by atoms with Crippen LogP contribution in [-0.4, -0.2) is 41.3 Å². The molecule has 0 saturated carbocycles. The van der Waals surface area contributed by atoms with Gasteiger partial charge in [-0.3, -0.25) is 0 Å². The molecule has 0 radical (unpaired) electrons. The molecule has 3 fully saturated rings. The molecular formula is C8H13BLiN3O3. The van der Waals surface area contributed by atoms with E-state index < -0.39 is 6.75 Å². The zero-order valence-corrected chi connectivity index (χ0v) is 9.84. The summed E-state index contributed by atoms with van der Waals surface area (Å²) in [5.74, 6) is 0. The van der Waals surface area contributed by atoms with Crippen molar-refractivity contribution in [3.05, 3.63) is 6.33 Å². The second-order valence-electron chi connectivity index (χ2n) is 4.69. The predicted octanol–water partition coefficient (Wildman–Crippen LogP) is -3.95. The molecule has 0 atom stereocenters. The molecule has 0 unspecified atom stereocenters. The third kappa shape index (κ3) is 1.64. The van der Waals surface area contributed by atoms with E-state index in [1.807, 2.05) is 7.05 Å². The van der Waals surface area contributed by atoms with Gasteiger partial charge < -0.3 is 18.5 Å². The minimum Gasteiger partial charge on any atom is -0.538 e. The van der Waals surface area contributed by atoms with Crippen molar-refractivity contribution in [1.82, 2.24) is 14.8 Å². The molecule has 4 heterocycles. The molecule has 8 heteroatoms. The average Bonchev–Trinajstić information content (AvgIpc) is 2.67. The Hall–Kier alpha value is -0.318. The molecule has 1 aromatic heterocycles. The van der Waals surface area contributed by atoms with E-state index in [0.717, 1.165) is 0 Å². The smallest absolute Gasteiger partial charge is 0.538 e. The van der Waals surface area contributed by atoms with E-state index in [1.54, 1.807) is 10.9 Å². The fourth-order valence-electron chi connectivity index (χ4n) is 2.04. The summed E-state index contributed by atoms with van der Waals surface area (Å²) in [5, 5.41) is 7.81. The molecule has 0 spiro atoms. The van der Waals surface area contributed by atoms with Crippen LogP contribution in [0.1, 0.15) is 6.92 Å². The van der Waals surface area contributed by atoms with Gasteiger partial charge in [0.1, 0.15) is 6.33 Å². The fraction of sp³-hybridized carbons (Fsp3) is 0.750.